The molecule has 0 radical (unpaired) electrons. The molecule has 0 saturated carbocycles. The van der Waals surface area contributed by atoms with Crippen LogP contribution in [0.25, 0.3) is 0 Å². The van der Waals surface area contributed by atoms with Gasteiger partial charge in [0.25, 0.3) is 0 Å². The van der Waals surface area contributed by atoms with E-state index in [1.807, 2.05) is 12.5 Å². The van der Waals surface area contributed by atoms with E-state index in [4.69, 9.17) is 0 Å². The molecule has 0 atom stereocenters. The Morgan fingerprint density at radius 3 is 3.06 bits per heavy atom. The molecule has 0 aliphatic carbocycles. The maximum Gasteiger partial charge on any atom is 0.143 e. The van der Waals surface area contributed by atoms with Gasteiger partial charge in [-0.25, -0.2) is 15.0 Å². The van der Waals surface area contributed by atoms with Gasteiger partial charge in [0.05, 0.1) is 10.8 Å². The first-order valence-electron chi connectivity index (χ1n) is 5.01. The smallest absolute Gasteiger partial charge is 0.143 e. The molecule has 0 aliphatic heterocycles. The average molecular weight is 282 g/mol. The van der Waals surface area contributed by atoms with Crippen molar-refractivity contribution in [2.75, 3.05) is 11.9 Å². The fraction of sp³-hybridized carbons (Fsp3) is 0.300. The Balaban J connectivity index is 1.74. The van der Waals surface area contributed by atoms with Crippen LogP contribution in [0.15, 0.2) is 35.7 Å². The Labute approximate surface area is 102 Å². The molecule has 0 saturated heterocycles. The van der Waals surface area contributed by atoms with Gasteiger partial charge in [-0.05, 0) is 22.4 Å². The summed E-state index contributed by atoms with van der Waals surface area (Å²) in [6, 6.07) is 0. The third-order valence-corrected chi connectivity index (χ3v) is 2.69. The molecule has 16 heavy (non-hydrogen) atoms. The lowest BCUT2D eigenvalue weighted by molar-refractivity contribution is 0.660. The third-order valence-electron chi connectivity index (χ3n) is 2.11. The van der Waals surface area contributed by atoms with E-state index in [1.165, 1.54) is 6.33 Å². The highest BCUT2D eigenvalue weighted by Gasteiger charge is 1.98. The summed E-state index contributed by atoms with van der Waals surface area (Å²) in [7, 11) is 0. The molecule has 2 rings (SSSR count). The van der Waals surface area contributed by atoms with Crippen molar-refractivity contribution in [2.45, 2.75) is 13.0 Å². The fourth-order valence-corrected chi connectivity index (χ4v) is 1.69. The highest BCUT2D eigenvalue weighted by Crippen LogP contribution is 2.16. The number of aryl methyl sites for hydroxylation is 1. The lowest BCUT2D eigenvalue weighted by atomic mass is 10.4. The molecule has 2 heterocycles. The predicted octanol–water partition coefficient (Wildman–Crippen LogP) is 1.94. The molecular formula is C10H12BrN5. The van der Waals surface area contributed by atoms with E-state index >= 15 is 0 Å². The van der Waals surface area contributed by atoms with Crippen molar-refractivity contribution in [2.24, 2.45) is 0 Å². The van der Waals surface area contributed by atoms with E-state index in [0.717, 1.165) is 29.8 Å². The number of imidazole rings is 1. The summed E-state index contributed by atoms with van der Waals surface area (Å²) in [5.41, 5.74) is 0. The second-order valence-corrected chi connectivity index (χ2v) is 4.15. The summed E-state index contributed by atoms with van der Waals surface area (Å²) < 4.78 is 2.94. The zero-order valence-electron chi connectivity index (χ0n) is 8.67. The summed E-state index contributed by atoms with van der Waals surface area (Å²) in [6.45, 7) is 1.82. The van der Waals surface area contributed by atoms with Crippen LogP contribution in [0.4, 0.5) is 5.82 Å². The zero-order chi connectivity index (χ0) is 11.2. The molecule has 0 unspecified atom stereocenters. The van der Waals surface area contributed by atoms with Crippen LogP contribution in [0.1, 0.15) is 6.42 Å². The van der Waals surface area contributed by atoms with Gasteiger partial charge >= 0.3 is 0 Å². The molecule has 0 aromatic carbocycles. The minimum absolute atomic E-state index is 0.834. The Morgan fingerprint density at radius 1 is 1.38 bits per heavy atom. The zero-order valence-corrected chi connectivity index (χ0v) is 10.3. The van der Waals surface area contributed by atoms with Gasteiger partial charge in [-0.15, -0.1) is 0 Å². The average Bonchev–Trinajstić information content (AvgIpc) is 2.79. The molecule has 0 bridgehead atoms. The van der Waals surface area contributed by atoms with Crippen molar-refractivity contribution in [3.63, 3.8) is 0 Å². The normalized spacial score (nSPS) is 10.3. The summed E-state index contributed by atoms with van der Waals surface area (Å²) in [4.78, 5) is 12.0. The molecular weight excluding hydrogens is 270 g/mol. The van der Waals surface area contributed by atoms with E-state index < -0.39 is 0 Å². The maximum absolute atomic E-state index is 4.12. The van der Waals surface area contributed by atoms with Crippen molar-refractivity contribution in [3.8, 4) is 0 Å². The Hall–Kier alpha value is -1.43. The Morgan fingerprint density at radius 2 is 2.31 bits per heavy atom. The van der Waals surface area contributed by atoms with Crippen LogP contribution in [0.2, 0.25) is 0 Å². The van der Waals surface area contributed by atoms with Crippen LogP contribution in [0.3, 0.4) is 0 Å². The molecule has 0 spiro atoms. The molecule has 6 heteroatoms. The van der Waals surface area contributed by atoms with E-state index in [-0.39, 0.29) is 0 Å². The molecule has 0 aliphatic rings. The van der Waals surface area contributed by atoms with Gasteiger partial charge in [0.1, 0.15) is 12.1 Å². The Bertz CT molecular complexity index is 429. The first-order valence-corrected chi connectivity index (χ1v) is 5.80. The lowest BCUT2D eigenvalue weighted by Crippen LogP contribution is -2.07. The summed E-state index contributed by atoms with van der Waals surface area (Å²) >= 11 is 3.38. The van der Waals surface area contributed by atoms with Gasteiger partial charge in [-0.2, -0.15) is 0 Å². The highest BCUT2D eigenvalue weighted by atomic mass is 79.9. The van der Waals surface area contributed by atoms with Crippen molar-refractivity contribution in [1.82, 2.24) is 19.5 Å². The van der Waals surface area contributed by atoms with Crippen molar-refractivity contribution in [3.05, 3.63) is 35.7 Å². The van der Waals surface area contributed by atoms with Crippen LogP contribution >= 0.6 is 15.9 Å². The first-order chi connectivity index (χ1) is 7.86. The standard InChI is InChI=1S/C10H12BrN5/c11-9-6-13-7-15-10(9)14-2-1-4-16-5-3-12-8-16/h3,5-8H,1-2,4H2,(H,13,14,15). The lowest BCUT2D eigenvalue weighted by Gasteiger charge is -2.06. The van der Waals surface area contributed by atoms with Crippen LogP contribution in [-0.4, -0.2) is 26.1 Å². The van der Waals surface area contributed by atoms with E-state index in [0.29, 0.717) is 0 Å². The van der Waals surface area contributed by atoms with E-state index in [9.17, 15) is 0 Å². The van der Waals surface area contributed by atoms with Gasteiger partial charge in [-0.1, -0.05) is 0 Å². The number of nitrogens with one attached hydrogen (secondary N) is 1. The SMILES string of the molecule is Brc1cncnc1NCCCn1ccnc1. The molecule has 0 amide bonds. The molecule has 5 nitrogen and oxygen atoms in total. The minimum Gasteiger partial charge on any atom is -0.369 e. The number of anilines is 1. The fourth-order valence-electron chi connectivity index (χ4n) is 1.33. The van der Waals surface area contributed by atoms with Crippen LogP contribution < -0.4 is 5.32 Å². The van der Waals surface area contributed by atoms with Crippen LogP contribution in [-0.2, 0) is 6.54 Å². The number of rotatable bonds is 5. The number of aromatic nitrogens is 4. The van der Waals surface area contributed by atoms with Crippen LogP contribution in [0, 0.1) is 0 Å². The molecule has 2 aromatic heterocycles. The van der Waals surface area contributed by atoms with Crippen molar-refractivity contribution in [1.29, 1.82) is 0 Å². The molecule has 0 fully saturated rings. The van der Waals surface area contributed by atoms with Gasteiger partial charge in [0, 0.05) is 31.7 Å². The first kappa shape index (κ1) is 11.1. The highest BCUT2D eigenvalue weighted by molar-refractivity contribution is 9.10. The maximum atomic E-state index is 4.12. The second kappa shape index (κ2) is 5.60. The molecule has 84 valence electrons. The number of hydrogen-bond acceptors (Lipinski definition) is 4. The van der Waals surface area contributed by atoms with Gasteiger partial charge in [-0.3, -0.25) is 0 Å². The number of halogens is 1. The predicted molar refractivity (Wildman–Crippen MR) is 65.1 cm³/mol. The van der Waals surface area contributed by atoms with Gasteiger partial charge < -0.3 is 9.88 Å². The third kappa shape index (κ3) is 3.03. The quantitative estimate of drug-likeness (QED) is 0.851. The minimum atomic E-state index is 0.834. The molecule has 2 aromatic rings. The summed E-state index contributed by atoms with van der Waals surface area (Å²) in [6.07, 6.45) is 9.84. The number of nitrogens with zero attached hydrogens (tertiary/aromatic N) is 4. The van der Waals surface area contributed by atoms with E-state index in [2.05, 4.69) is 40.8 Å². The van der Waals surface area contributed by atoms with Crippen molar-refractivity contribution >= 4 is 21.7 Å². The van der Waals surface area contributed by atoms with E-state index in [1.54, 1.807) is 12.4 Å². The van der Waals surface area contributed by atoms with Gasteiger partial charge in [0.15, 0.2) is 0 Å². The monoisotopic (exact) mass is 281 g/mol. The van der Waals surface area contributed by atoms with Crippen LogP contribution in [0.5, 0.6) is 0 Å². The second-order valence-electron chi connectivity index (χ2n) is 3.30. The summed E-state index contributed by atoms with van der Waals surface area (Å²) in [5.74, 6) is 0.834. The summed E-state index contributed by atoms with van der Waals surface area (Å²) in [5, 5.41) is 3.24. The molecule has 1 N–H and O–H groups in total. The number of hydrogen-bond donors (Lipinski definition) is 1. The van der Waals surface area contributed by atoms with Crippen molar-refractivity contribution < 1.29 is 0 Å². The van der Waals surface area contributed by atoms with Gasteiger partial charge in [0.2, 0.25) is 0 Å². The Kier molecular flexibility index (Phi) is 3.87. The topological polar surface area (TPSA) is 55.6 Å². The largest absolute Gasteiger partial charge is 0.369 e.